The predicted molar refractivity (Wildman–Crippen MR) is 50.3 cm³/mol. The Balaban J connectivity index is 2.18. The first-order chi connectivity index (χ1) is 6.29. The van der Waals surface area contributed by atoms with Crippen molar-refractivity contribution in [3.05, 3.63) is 0 Å². The number of rotatable bonds is 0. The highest BCUT2D eigenvalue weighted by atomic mass is 16.3. The second-order valence-electron chi connectivity index (χ2n) is 4.49. The zero-order valence-electron chi connectivity index (χ0n) is 8.04. The molecule has 2 aliphatic rings. The molecule has 74 valence electrons. The molecule has 2 bridgehead atoms. The summed E-state index contributed by atoms with van der Waals surface area (Å²) >= 11 is 0. The first-order valence-electron chi connectivity index (χ1n) is 5.51. The summed E-state index contributed by atoms with van der Waals surface area (Å²) in [7, 11) is 0. The molecule has 0 aromatic rings. The van der Waals surface area contributed by atoms with E-state index in [2.05, 4.69) is 0 Å². The lowest BCUT2D eigenvalue weighted by molar-refractivity contribution is -0.129. The average molecular weight is 182 g/mol. The highest BCUT2D eigenvalue weighted by Gasteiger charge is 2.35. The Morgan fingerprint density at radius 3 is 2.54 bits per heavy atom. The Hall–Kier alpha value is -0.370. The van der Waals surface area contributed by atoms with Crippen molar-refractivity contribution in [3.63, 3.8) is 0 Å². The van der Waals surface area contributed by atoms with Gasteiger partial charge in [-0.05, 0) is 25.7 Å². The first-order valence-corrected chi connectivity index (χ1v) is 5.51. The van der Waals surface area contributed by atoms with Crippen LogP contribution in [0.25, 0.3) is 0 Å². The maximum absolute atomic E-state index is 11.9. The van der Waals surface area contributed by atoms with Gasteiger partial charge < -0.3 is 5.11 Å². The van der Waals surface area contributed by atoms with E-state index in [4.69, 9.17) is 0 Å². The largest absolute Gasteiger partial charge is 0.392 e. The van der Waals surface area contributed by atoms with Crippen LogP contribution in [0.1, 0.15) is 44.9 Å². The van der Waals surface area contributed by atoms with Crippen LogP contribution >= 0.6 is 0 Å². The molecule has 0 saturated heterocycles. The highest BCUT2D eigenvalue weighted by molar-refractivity contribution is 5.84. The maximum Gasteiger partial charge on any atom is 0.141 e. The molecule has 13 heavy (non-hydrogen) atoms. The van der Waals surface area contributed by atoms with E-state index in [1.807, 2.05) is 0 Å². The molecule has 0 amide bonds. The smallest absolute Gasteiger partial charge is 0.141 e. The van der Waals surface area contributed by atoms with Crippen molar-refractivity contribution in [1.29, 1.82) is 0 Å². The van der Waals surface area contributed by atoms with E-state index in [1.54, 1.807) is 0 Å². The van der Waals surface area contributed by atoms with E-state index in [-0.39, 0.29) is 17.9 Å². The lowest BCUT2D eigenvalue weighted by Gasteiger charge is -2.18. The molecule has 0 radical (unpaired) electrons. The molecular weight excluding hydrogens is 164 g/mol. The van der Waals surface area contributed by atoms with E-state index in [1.165, 1.54) is 6.42 Å². The Labute approximate surface area is 79.3 Å². The Bertz CT molecular complexity index is 200. The number of carbonyl (C=O) groups excluding carboxylic acids is 1. The molecule has 2 aliphatic carbocycles. The van der Waals surface area contributed by atoms with Gasteiger partial charge in [0.05, 0.1) is 6.10 Å². The van der Waals surface area contributed by atoms with Gasteiger partial charge in [0.2, 0.25) is 0 Å². The van der Waals surface area contributed by atoms with E-state index >= 15 is 0 Å². The average Bonchev–Trinajstić information content (AvgIpc) is 2.36. The number of carbonyl (C=O) groups is 1. The lowest BCUT2D eigenvalue weighted by Crippen LogP contribution is -2.28. The Morgan fingerprint density at radius 2 is 1.69 bits per heavy atom. The summed E-state index contributed by atoms with van der Waals surface area (Å²) in [4.78, 5) is 11.9. The van der Waals surface area contributed by atoms with Gasteiger partial charge in [0, 0.05) is 11.8 Å². The summed E-state index contributed by atoms with van der Waals surface area (Å²) in [5, 5.41) is 9.78. The van der Waals surface area contributed by atoms with E-state index in [0.717, 1.165) is 38.5 Å². The molecule has 0 unspecified atom stereocenters. The molecule has 2 rings (SSSR count). The van der Waals surface area contributed by atoms with Gasteiger partial charge in [0.1, 0.15) is 5.78 Å². The van der Waals surface area contributed by atoms with Crippen LogP contribution in [0.2, 0.25) is 0 Å². The summed E-state index contributed by atoms with van der Waals surface area (Å²) in [6, 6.07) is 0. The lowest BCUT2D eigenvalue weighted by atomic mass is 9.89. The van der Waals surface area contributed by atoms with Crippen molar-refractivity contribution in [1.82, 2.24) is 0 Å². The number of Topliss-reactive ketones (excluding diaryl/α,β-unsaturated/α-hetero) is 1. The van der Waals surface area contributed by atoms with Crippen LogP contribution in [0, 0.1) is 11.8 Å². The molecular formula is C11H18O2. The summed E-state index contributed by atoms with van der Waals surface area (Å²) in [5.74, 6) is 0.627. The minimum atomic E-state index is -0.337. The van der Waals surface area contributed by atoms with Crippen molar-refractivity contribution >= 4 is 5.78 Å². The Kier molecular flexibility index (Phi) is 2.68. The zero-order chi connectivity index (χ0) is 9.26. The van der Waals surface area contributed by atoms with Gasteiger partial charge in [-0.15, -0.1) is 0 Å². The van der Waals surface area contributed by atoms with E-state index in [9.17, 15) is 9.90 Å². The van der Waals surface area contributed by atoms with Crippen molar-refractivity contribution < 1.29 is 9.90 Å². The number of hydrogen-bond acceptors (Lipinski definition) is 2. The van der Waals surface area contributed by atoms with E-state index in [0.29, 0.717) is 5.78 Å². The summed E-state index contributed by atoms with van der Waals surface area (Å²) in [5.41, 5.74) is 0. The minimum absolute atomic E-state index is 0.0185. The quantitative estimate of drug-likeness (QED) is 0.621. The van der Waals surface area contributed by atoms with Crippen molar-refractivity contribution in [2.24, 2.45) is 11.8 Å². The van der Waals surface area contributed by atoms with Gasteiger partial charge in [0.15, 0.2) is 0 Å². The fourth-order valence-corrected chi connectivity index (χ4v) is 2.79. The highest BCUT2D eigenvalue weighted by Crippen LogP contribution is 2.34. The van der Waals surface area contributed by atoms with Gasteiger partial charge in [-0.3, -0.25) is 4.79 Å². The first kappa shape index (κ1) is 9.20. The van der Waals surface area contributed by atoms with Crippen LogP contribution in [-0.4, -0.2) is 17.0 Å². The molecule has 3 atom stereocenters. The van der Waals surface area contributed by atoms with Crippen molar-refractivity contribution in [2.45, 2.75) is 51.0 Å². The number of ketones is 1. The molecule has 2 heteroatoms. The van der Waals surface area contributed by atoms with Crippen LogP contribution in [0.3, 0.4) is 0 Å². The normalized spacial score (nSPS) is 41.0. The fraction of sp³-hybridized carbons (Fsp3) is 0.909. The fourth-order valence-electron chi connectivity index (χ4n) is 2.79. The molecule has 0 aromatic heterocycles. The standard InChI is InChI=1S/C11H18O2/c12-10-7-3-5-8-4-1-2-6-9(10)11(8)13/h8-10,12H,1-7H2/t8-,9+,10+/m1/s1. The van der Waals surface area contributed by atoms with Gasteiger partial charge in [-0.25, -0.2) is 0 Å². The van der Waals surface area contributed by atoms with Crippen LogP contribution in [0.4, 0.5) is 0 Å². The second-order valence-corrected chi connectivity index (χ2v) is 4.49. The number of hydrogen-bond donors (Lipinski definition) is 1. The zero-order valence-corrected chi connectivity index (χ0v) is 8.04. The third kappa shape index (κ3) is 1.78. The minimum Gasteiger partial charge on any atom is -0.392 e. The molecule has 0 heterocycles. The van der Waals surface area contributed by atoms with Gasteiger partial charge >= 0.3 is 0 Å². The topological polar surface area (TPSA) is 37.3 Å². The molecule has 2 fully saturated rings. The summed E-state index contributed by atoms with van der Waals surface area (Å²) in [6.45, 7) is 0. The molecule has 2 nitrogen and oxygen atoms in total. The third-order valence-electron chi connectivity index (χ3n) is 3.60. The van der Waals surface area contributed by atoms with Gasteiger partial charge in [-0.1, -0.05) is 19.3 Å². The van der Waals surface area contributed by atoms with Crippen molar-refractivity contribution in [2.75, 3.05) is 0 Å². The predicted octanol–water partition coefficient (Wildman–Crippen LogP) is 1.91. The Morgan fingerprint density at radius 1 is 1.00 bits per heavy atom. The number of aliphatic hydroxyl groups excluding tert-OH is 1. The van der Waals surface area contributed by atoms with E-state index < -0.39 is 0 Å². The second kappa shape index (κ2) is 3.79. The van der Waals surface area contributed by atoms with Crippen LogP contribution in [-0.2, 0) is 4.79 Å². The van der Waals surface area contributed by atoms with Gasteiger partial charge in [0.25, 0.3) is 0 Å². The summed E-state index contributed by atoms with van der Waals surface area (Å²) < 4.78 is 0. The number of fused-ring (bicyclic) bond motifs is 2. The maximum atomic E-state index is 11.9. The number of aliphatic hydroxyl groups is 1. The summed E-state index contributed by atoms with van der Waals surface area (Å²) in [6.07, 6.45) is 6.87. The third-order valence-corrected chi connectivity index (χ3v) is 3.60. The van der Waals surface area contributed by atoms with Crippen LogP contribution in [0.5, 0.6) is 0 Å². The van der Waals surface area contributed by atoms with Crippen LogP contribution < -0.4 is 0 Å². The SMILES string of the molecule is O=C1[C@@H]2CCCC[C@H]1[C@@H](O)CCC2. The van der Waals surface area contributed by atoms with Gasteiger partial charge in [-0.2, -0.15) is 0 Å². The molecule has 1 N–H and O–H groups in total. The van der Waals surface area contributed by atoms with Crippen molar-refractivity contribution in [3.8, 4) is 0 Å². The van der Waals surface area contributed by atoms with Crippen LogP contribution in [0.15, 0.2) is 0 Å². The molecule has 2 saturated carbocycles. The monoisotopic (exact) mass is 182 g/mol. The molecule has 0 spiro atoms. The molecule has 0 aliphatic heterocycles. The molecule has 0 aromatic carbocycles.